The van der Waals surface area contributed by atoms with Crippen LogP contribution in [0, 0.1) is 0 Å². The minimum Gasteiger partial charge on any atom is -0.366 e. The number of pyridine rings is 1. The van der Waals surface area contributed by atoms with Gasteiger partial charge in [-0.25, -0.2) is 0 Å². The fourth-order valence-electron chi connectivity index (χ4n) is 2.04. The van der Waals surface area contributed by atoms with Crippen LogP contribution in [0.15, 0.2) is 48.7 Å². The van der Waals surface area contributed by atoms with Gasteiger partial charge >= 0.3 is 0 Å². The van der Waals surface area contributed by atoms with Gasteiger partial charge in [0.1, 0.15) is 0 Å². The Morgan fingerprint density at radius 1 is 1.16 bits per heavy atom. The van der Waals surface area contributed by atoms with E-state index in [1.54, 1.807) is 0 Å². The van der Waals surface area contributed by atoms with E-state index >= 15 is 0 Å². The van der Waals surface area contributed by atoms with Crippen LogP contribution >= 0.6 is 0 Å². The van der Waals surface area contributed by atoms with Gasteiger partial charge in [-0.15, -0.1) is 0 Å². The molecule has 19 heavy (non-hydrogen) atoms. The van der Waals surface area contributed by atoms with Crippen molar-refractivity contribution in [3.05, 3.63) is 59.9 Å². The third kappa shape index (κ3) is 3.55. The highest BCUT2D eigenvalue weighted by Crippen LogP contribution is 2.17. The molecule has 0 bridgehead atoms. The third-order valence-corrected chi connectivity index (χ3v) is 3.20. The highest BCUT2D eigenvalue weighted by Gasteiger charge is 2.07. The molecule has 1 atom stereocenters. The molecular formula is C16H21N3. The molecule has 0 amide bonds. The van der Waals surface area contributed by atoms with Crippen molar-refractivity contribution in [3.63, 3.8) is 0 Å². The topological polar surface area (TPSA) is 42.1 Å². The first kappa shape index (κ1) is 13.6. The van der Waals surface area contributed by atoms with E-state index < -0.39 is 0 Å². The molecule has 1 aromatic heterocycles. The number of nitrogens with zero attached hydrogens (tertiary/aromatic N) is 2. The zero-order valence-corrected chi connectivity index (χ0v) is 11.6. The average Bonchev–Trinajstić information content (AvgIpc) is 2.46. The summed E-state index contributed by atoms with van der Waals surface area (Å²) in [6.07, 6.45) is 1.91. The van der Waals surface area contributed by atoms with Crippen LogP contribution in [0.2, 0.25) is 0 Å². The molecule has 0 aliphatic heterocycles. The van der Waals surface area contributed by atoms with E-state index in [4.69, 9.17) is 5.73 Å². The van der Waals surface area contributed by atoms with E-state index in [1.807, 2.05) is 25.3 Å². The van der Waals surface area contributed by atoms with Crippen molar-refractivity contribution in [2.45, 2.75) is 26.4 Å². The second kappa shape index (κ2) is 6.34. The lowest BCUT2D eigenvalue weighted by molar-refractivity contribution is 0.774. The summed E-state index contributed by atoms with van der Waals surface area (Å²) >= 11 is 0. The Labute approximate surface area is 115 Å². The molecule has 3 heteroatoms. The highest BCUT2D eigenvalue weighted by atomic mass is 15.1. The Morgan fingerprint density at radius 3 is 2.42 bits per heavy atom. The predicted molar refractivity (Wildman–Crippen MR) is 80.0 cm³/mol. The summed E-state index contributed by atoms with van der Waals surface area (Å²) in [5.74, 6) is 0. The van der Waals surface area contributed by atoms with Gasteiger partial charge in [-0.1, -0.05) is 30.3 Å². The van der Waals surface area contributed by atoms with Gasteiger partial charge in [-0.2, -0.15) is 0 Å². The lowest BCUT2D eigenvalue weighted by Gasteiger charge is -2.23. The minimum absolute atomic E-state index is 0.0155. The first-order valence-corrected chi connectivity index (χ1v) is 6.71. The Hall–Kier alpha value is -1.87. The second-order valence-corrected chi connectivity index (χ2v) is 4.73. The summed E-state index contributed by atoms with van der Waals surface area (Å²) in [7, 11) is 0. The van der Waals surface area contributed by atoms with Crippen molar-refractivity contribution in [1.29, 1.82) is 0 Å². The van der Waals surface area contributed by atoms with E-state index in [1.165, 1.54) is 5.56 Å². The number of nitrogens with two attached hydrogens (primary N) is 1. The number of anilines is 1. The molecule has 1 heterocycles. The van der Waals surface area contributed by atoms with Gasteiger partial charge in [0.05, 0.1) is 17.6 Å². The Bertz CT molecular complexity index is 491. The fraction of sp³-hybridized carbons (Fsp3) is 0.312. The van der Waals surface area contributed by atoms with Crippen LogP contribution in [-0.4, -0.2) is 11.5 Å². The normalized spacial score (nSPS) is 12.2. The first-order chi connectivity index (χ1) is 9.20. The molecule has 3 nitrogen and oxygen atoms in total. The van der Waals surface area contributed by atoms with Crippen LogP contribution in [0.25, 0.3) is 0 Å². The largest absolute Gasteiger partial charge is 0.366 e. The molecule has 2 N–H and O–H groups in total. The molecule has 0 fully saturated rings. The summed E-state index contributed by atoms with van der Waals surface area (Å²) < 4.78 is 0. The van der Waals surface area contributed by atoms with Crippen molar-refractivity contribution in [1.82, 2.24) is 4.98 Å². The van der Waals surface area contributed by atoms with E-state index in [2.05, 4.69) is 47.1 Å². The Morgan fingerprint density at radius 2 is 1.89 bits per heavy atom. The zero-order valence-electron chi connectivity index (χ0n) is 11.6. The smallest absolute Gasteiger partial charge is 0.0569 e. The van der Waals surface area contributed by atoms with E-state index in [-0.39, 0.29) is 6.04 Å². The molecule has 1 aromatic carbocycles. The molecule has 0 saturated heterocycles. The van der Waals surface area contributed by atoms with Gasteiger partial charge in [-0.05, 0) is 31.5 Å². The summed E-state index contributed by atoms with van der Waals surface area (Å²) in [4.78, 5) is 6.72. The molecule has 0 aliphatic carbocycles. The summed E-state index contributed by atoms with van der Waals surface area (Å²) in [6, 6.07) is 14.6. The van der Waals surface area contributed by atoms with Crippen LogP contribution in [0.5, 0.6) is 0 Å². The standard InChI is InChI=1S/C16H21N3/c1-3-19(12-14-7-5-4-6-8-14)15-9-10-16(13(2)17)18-11-15/h4-11,13H,3,12,17H2,1-2H3. The summed E-state index contributed by atoms with van der Waals surface area (Å²) in [6.45, 7) is 5.95. The quantitative estimate of drug-likeness (QED) is 0.892. The summed E-state index contributed by atoms with van der Waals surface area (Å²) in [5, 5.41) is 0. The van der Waals surface area contributed by atoms with Crippen LogP contribution in [-0.2, 0) is 6.54 Å². The molecule has 0 radical (unpaired) electrons. The number of benzene rings is 1. The van der Waals surface area contributed by atoms with E-state index in [0.717, 1.165) is 24.5 Å². The lowest BCUT2D eigenvalue weighted by atomic mass is 10.2. The van der Waals surface area contributed by atoms with Gasteiger partial charge in [0.2, 0.25) is 0 Å². The van der Waals surface area contributed by atoms with Gasteiger partial charge in [0.25, 0.3) is 0 Å². The van der Waals surface area contributed by atoms with Crippen LogP contribution in [0.1, 0.15) is 31.1 Å². The molecule has 1 unspecified atom stereocenters. The molecular weight excluding hydrogens is 234 g/mol. The van der Waals surface area contributed by atoms with E-state index in [9.17, 15) is 0 Å². The Balaban J connectivity index is 2.13. The van der Waals surface area contributed by atoms with Crippen LogP contribution in [0.4, 0.5) is 5.69 Å². The second-order valence-electron chi connectivity index (χ2n) is 4.73. The predicted octanol–water partition coefficient (Wildman–Crippen LogP) is 3.13. The number of hydrogen-bond donors (Lipinski definition) is 1. The minimum atomic E-state index is -0.0155. The van der Waals surface area contributed by atoms with Gasteiger partial charge < -0.3 is 10.6 Å². The van der Waals surface area contributed by atoms with Crippen molar-refractivity contribution in [2.24, 2.45) is 5.73 Å². The maximum Gasteiger partial charge on any atom is 0.0569 e. The molecule has 2 rings (SSSR count). The molecule has 0 spiro atoms. The van der Waals surface area contributed by atoms with Crippen LogP contribution in [0.3, 0.4) is 0 Å². The molecule has 100 valence electrons. The summed E-state index contributed by atoms with van der Waals surface area (Å²) in [5.41, 5.74) is 9.19. The number of hydrogen-bond acceptors (Lipinski definition) is 3. The van der Waals surface area contributed by atoms with Gasteiger partial charge in [-0.3, -0.25) is 4.98 Å². The highest BCUT2D eigenvalue weighted by molar-refractivity contribution is 5.45. The van der Waals surface area contributed by atoms with Crippen molar-refractivity contribution in [3.8, 4) is 0 Å². The van der Waals surface area contributed by atoms with Gasteiger partial charge in [0, 0.05) is 19.1 Å². The molecule has 2 aromatic rings. The monoisotopic (exact) mass is 255 g/mol. The number of rotatable bonds is 5. The SMILES string of the molecule is CCN(Cc1ccccc1)c1ccc(C(C)N)nc1. The van der Waals surface area contributed by atoms with Crippen LogP contribution < -0.4 is 10.6 Å². The zero-order chi connectivity index (χ0) is 13.7. The molecule has 0 saturated carbocycles. The first-order valence-electron chi connectivity index (χ1n) is 6.71. The van der Waals surface area contributed by atoms with E-state index in [0.29, 0.717) is 0 Å². The average molecular weight is 255 g/mol. The van der Waals surface area contributed by atoms with Crippen molar-refractivity contribution < 1.29 is 0 Å². The Kier molecular flexibility index (Phi) is 4.53. The van der Waals surface area contributed by atoms with Crippen molar-refractivity contribution >= 4 is 5.69 Å². The lowest BCUT2D eigenvalue weighted by Crippen LogP contribution is -2.22. The van der Waals surface area contributed by atoms with Crippen molar-refractivity contribution in [2.75, 3.05) is 11.4 Å². The third-order valence-electron chi connectivity index (χ3n) is 3.20. The van der Waals surface area contributed by atoms with Gasteiger partial charge in [0.15, 0.2) is 0 Å². The molecule has 0 aliphatic rings. The maximum absolute atomic E-state index is 5.82. The fourth-order valence-corrected chi connectivity index (χ4v) is 2.04. The maximum atomic E-state index is 5.82. The number of aromatic nitrogens is 1.